The van der Waals surface area contributed by atoms with Gasteiger partial charge in [0.15, 0.2) is 5.92 Å². The SMILES string of the molecule is CCOC(=O)C(C(=O)OCC)C1CCC(=O)N1CCCCBr. The number of esters is 2. The van der Waals surface area contributed by atoms with Crippen LogP contribution in [0.5, 0.6) is 0 Å². The van der Waals surface area contributed by atoms with Gasteiger partial charge in [-0.2, -0.15) is 0 Å². The molecule has 126 valence electrons. The second-order valence-corrected chi connectivity index (χ2v) is 5.86. The fraction of sp³-hybridized carbons (Fsp3) is 0.800. The summed E-state index contributed by atoms with van der Waals surface area (Å²) in [5.41, 5.74) is 0. The Morgan fingerprint density at radius 3 is 2.32 bits per heavy atom. The Balaban J connectivity index is 2.87. The second kappa shape index (κ2) is 9.82. The zero-order chi connectivity index (χ0) is 16.5. The maximum Gasteiger partial charge on any atom is 0.322 e. The maximum atomic E-state index is 12.2. The molecule has 0 aromatic heterocycles. The van der Waals surface area contributed by atoms with Gasteiger partial charge in [0.05, 0.1) is 19.3 Å². The van der Waals surface area contributed by atoms with Crippen LogP contribution in [0.1, 0.15) is 39.5 Å². The van der Waals surface area contributed by atoms with Gasteiger partial charge >= 0.3 is 11.9 Å². The van der Waals surface area contributed by atoms with E-state index in [1.54, 1.807) is 18.7 Å². The van der Waals surface area contributed by atoms with E-state index < -0.39 is 23.9 Å². The zero-order valence-electron chi connectivity index (χ0n) is 13.2. The van der Waals surface area contributed by atoms with E-state index in [-0.39, 0.29) is 19.1 Å². The molecule has 0 radical (unpaired) electrons. The Bertz CT molecular complexity index is 383. The van der Waals surface area contributed by atoms with Gasteiger partial charge < -0.3 is 14.4 Å². The Morgan fingerprint density at radius 2 is 1.82 bits per heavy atom. The van der Waals surface area contributed by atoms with Gasteiger partial charge in [-0.1, -0.05) is 15.9 Å². The van der Waals surface area contributed by atoms with E-state index in [1.807, 2.05) is 0 Å². The average Bonchev–Trinajstić information content (AvgIpc) is 2.82. The van der Waals surface area contributed by atoms with Crippen molar-refractivity contribution < 1.29 is 23.9 Å². The number of unbranched alkanes of at least 4 members (excludes halogenated alkanes) is 1. The Kier molecular flexibility index (Phi) is 8.45. The van der Waals surface area contributed by atoms with Gasteiger partial charge in [-0.15, -0.1) is 0 Å². The molecule has 1 unspecified atom stereocenters. The van der Waals surface area contributed by atoms with Crippen LogP contribution in [0.4, 0.5) is 0 Å². The summed E-state index contributed by atoms with van der Waals surface area (Å²) < 4.78 is 10.0. The Morgan fingerprint density at radius 1 is 1.23 bits per heavy atom. The highest BCUT2D eigenvalue weighted by Crippen LogP contribution is 2.27. The van der Waals surface area contributed by atoms with Crippen molar-refractivity contribution >= 4 is 33.8 Å². The van der Waals surface area contributed by atoms with Crippen LogP contribution in [0.25, 0.3) is 0 Å². The predicted molar refractivity (Wildman–Crippen MR) is 84.5 cm³/mol. The minimum absolute atomic E-state index is 0.0156. The van der Waals surface area contributed by atoms with Crippen LogP contribution in [-0.2, 0) is 23.9 Å². The number of alkyl halides is 1. The Labute approximate surface area is 139 Å². The van der Waals surface area contributed by atoms with E-state index in [2.05, 4.69) is 15.9 Å². The zero-order valence-corrected chi connectivity index (χ0v) is 14.8. The summed E-state index contributed by atoms with van der Waals surface area (Å²) in [6.45, 7) is 4.31. The summed E-state index contributed by atoms with van der Waals surface area (Å²) in [7, 11) is 0. The molecule has 1 aliphatic rings. The van der Waals surface area contributed by atoms with Crippen molar-refractivity contribution in [2.75, 3.05) is 25.1 Å². The number of carbonyl (C=O) groups is 3. The summed E-state index contributed by atoms with van der Waals surface area (Å²) in [6, 6.07) is -0.457. The average molecular weight is 378 g/mol. The quantitative estimate of drug-likeness (QED) is 0.265. The Hall–Kier alpha value is -1.11. The van der Waals surface area contributed by atoms with Gasteiger partial charge in [-0.25, -0.2) is 0 Å². The number of hydrogen-bond acceptors (Lipinski definition) is 5. The molecule has 1 aliphatic heterocycles. The normalized spacial score (nSPS) is 17.9. The molecule has 1 atom stereocenters. The number of ether oxygens (including phenoxy) is 2. The second-order valence-electron chi connectivity index (χ2n) is 5.07. The molecule has 0 N–H and O–H groups in total. The summed E-state index contributed by atoms with van der Waals surface area (Å²) in [5.74, 6) is -2.27. The number of nitrogens with zero attached hydrogens (tertiary/aromatic N) is 1. The number of hydrogen-bond donors (Lipinski definition) is 0. The van der Waals surface area contributed by atoms with Crippen molar-refractivity contribution in [3.63, 3.8) is 0 Å². The van der Waals surface area contributed by atoms with Crippen LogP contribution in [0.2, 0.25) is 0 Å². The van der Waals surface area contributed by atoms with Gasteiger partial charge in [-0.3, -0.25) is 14.4 Å². The number of rotatable bonds is 9. The van der Waals surface area contributed by atoms with Gasteiger partial charge in [0, 0.05) is 18.3 Å². The fourth-order valence-electron chi connectivity index (χ4n) is 2.64. The van der Waals surface area contributed by atoms with Crippen LogP contribution < -0.4 is 0 Å². The molecule has 0 saturated carbocycles. The monoisotopic (exact) mass is 377 g/mol. The fourth-order valence-corrected chi connectivity index (χ4v) is 3.04. The van der Waals surface area contributed by atoms with Crippen LogP contribution in [0.15, 0.2) is 0 Å². The molecule has 0 aromatic carbocycles. The molecule has 7 heteroatoms. The van der Waals surface area contributed by atoms with E-state index in [9.17, 15) is 14.4 Å². The lowest BCUT2D eigenvalue weighted by Crippen LogP contribution is -2.46. The minimum Gasteiger partial charge on any atom is -0.465 e. The first-order valence-corrected chi connectivity index (χ1v) is 8.87. The lowest BCUT2D eigenvalue weighted by molar-refractivity contribution is -0.164. The first kappa shape index (κ1) is 18.9. The predicted octanol–water partition coefficient (Wildman–Crippen LogP) is 1.89. The highest BCUT2D eigenvalue weighted by Gasteiger charge is 2.45. The third-order valence-corrected chi connectivity index (χ3v) is 4.18. The van der Waals surface area contributed by atoms with Crippen molar-refractivity contribution in [3.05, 3.63) is 0 Å². The van der Waals surface area contributed by atoms with E-state index >= 15 is 0 Å². The van der Waals surface area contributed by atoms with E-state index in [0.717, 1.165) is 18.2 Å². The van der Waals surface area contributed by atoms with E-state index in [1.165, 1.54) is 0 Å². The molecule has 0 bridgehead atoms. The largest absolute Gasteiger partial charge is 0.465 e. The minimum atomic E-state index is -1.05. The molecule has 22 heavy (non-hydrogen) atoms. The third-order valence-electron chi connectivity index (χ3n) is 3.62. The standard InChI is InChI=1S/C15H24BrNO5/c1-3-21-14(19)13(15(20)22-4-2)11-7-8-12(18)17(11)10-6-5-9-16/h11,13H,3-10H2,1-2H3. The maximum absolute atomic E-state index is 12.2. The molecule has 1 amide bonds. The van der Waals surface area contributed by atoms with Gasteiger partial charge in [-0.05, 0) is 33.1 Å². The lowest BCUT2D eigenvalue weighted by Gasteiger charge is -2.29. The highest BCUT2D eigenvalue weighted by atomic mass is 79.9. The molecule has 0 aromatic rings. The third kappa shape index (κ3) is 4.97. The van der Waals surface area contributed by atoms with Crippen LogP contribution in [0.3, 0.4) is 0 Å². The van der Waals surface area contributed by atoms with Crippen LogP contribution in [0, 0.1) is 5.92 Å². The van der Waals surface area contributed by atoms with Gasteiger partial charge in [0.1, 0.15) is 0 Å². The number of halogens is 1. The molecule has 1 rings (SSSR count). The summed E-state index contributed by atoms with van der Waals surface area (Å²) in [5, 5.41) is 0.860. The van der Waals surface area contributed by atoms with Crippen molar-refractivity contribution in [1.29, 1.82) is 0 Å². The summed E-state index contributed by atoms with van der Waals surface area (Å²) >= 11 is 3.35. The van der Waals surface area contributed by atoms with Gasteiger partial charge in [0.2, 0.25) is 5.91 Å². The smallest absolute Gasteiger partial charge is 0.322 e. The molecular formula is C15H24BrNO5. The molecule has 6 nitrogen and oxygen atoms in total. The van der Waals surface area contributed by atoms with Gasteiger partial charge in [0.25, 0.3) is 0 Å². The van der Waals surface area contributed by atoms with Crippen molar-refractivity contribution in [2.45, 2.75) is 45.6 Å². The summed E-state index contributed by atoms with van der Waals surface area (Å²) in [4.78, 5) is 38.0. The highest BCUT2D eigenvalue weighted by molar-refractivity contribution is 9.09. The molecular weight excluding hydrogens is 354 g/mol. The molecule has 1 heterocycles. The molecule has 1 saturated heterocycles. The van der Waals surface area contributed by atoms with Crippen molar-refractivity contribution in [1.82, 2.24) is 4.90 Å². The van der Waals surface area contributed by atoms with E-state index in [0.29, 0.717) is 19.4 Å². The van der Waals surface area contributed by atoms with Crippen LogP contribution in [-0.4, -0.2) is 53.9 Å². The molecule has 0 spiro atoms. The number of amides is 1. The number of likely N-dealkylation sites (tertiary alicyclic amines) is 1. The van der Waals surface area contributed by atoms with Crippen LogP contribution >= 0.6 is 15.9 Å². The molecule has 1 fully saturated rings. The van der Waals surface area contributed by atoms with Crippen molar-refractivity contribution in [3.8, 4) is 0 Å². The topological polar surface area (TPSA) is 72.9 Å². The van der Waals surface area contributed by atoms with E-state index in [4.69, 9.17) is 9.47 Å². The first-order valence-electron chi connectivity index (χ1n) is 7.75. The first-order chi connectivity index (χ1) is 10.6. The summed E-state index contributed by atoms with van der Waals surface area (Å²) in [6.07, 6.45) is 2.59. The lowest BCUT2D eigenvalue weighted by atomic mass is 9.97. The molecule has 0 aliphatic carbocycles. The van der Waals surface area contributed by atoms with Crippen molar-refractivity contribution in [2.24, 2.45) is 5.92 Å². The number of carbonyl (C=O) groups excluding carboxylic acids is 3.